The lowest BCUT2D eigenvalue weighted by atomic mass is 9.70. The van der Waals surface area contributed by atoms with Crippen LogP contribution in [0, 0.1) is 23.7 Å². The molecule has 1 aliphatic carbocycles. The SMILES string of the molecule is COc1ccc(NC(=O)[C@@H]2C[C@H](C)CC[C@H]2C(C)C)c(C(=O)NCCN)c1. The van der Waals surface area contributed by atoms with E-state index in [1.165, 1.54) is 6.42 Å². The summed E-state index contributed by atoms with van der Waals surface area (Å²) in [4.78, 5) is 25.6. The van der Waals surface area contributed by atoms with Crippen LogP contribution in [-0.2, 0) is 4.79 Å². The number of rotatable bonds is 7. The number of hydrogen-bond acceptors (Lipinski definition) is 4. The molecule has 0 aromatic heterocycles. The van der Waals surface area contributed by atoms with E-state index in [1.54, 1.807) is 25.3 Å². The van der Waals surface area contributed by atoms with Gasteiger partial charge in [0.2, 0.25) is 5.91 Å². The Bertz CT molecular complexity index is 660. The van der Waals surface area contributed by atoms with Gasteiger partial charge < -0.3 is 21.1 Å². The Morgan fingerprint density at radius 3 is 2.67 bits per heavy atom. The van der Waals surface area contributed by atoms with Crippen LogP contribution in [0.25, 0.3) is 0 Å². The summed E-state index contributed by atoms with van der Waals surface area (Å²) in [5, 5.41) is 5.76. The number of nitrogens with two attached hydrogens (primary N) is 1. The second-order valence-electron chi connectivity index (χ2n) is 7.88. The van der Waals surface area contributed by atoms with Crippen molar-refractivity contribution in [3.63, 3.8) is 0 Å². The van der Waals surface area contributed by atoms with Crippen molar-refractivity contribution in [3.05, 3.63) is 23.8 Å². The molecule has 1 aromatic carbocycles. The second kappa shape index (κ2) is 9.74. The van der Waals surface area contributed by atoms with E-state index in [1.807, 2.05) is 0 Å². The van der Waals surface area contributed by atoms with Crippen molar-refractivity contribution in [2.45, 2.75) is 40.0 Å². The highest BCUT2D eigenvalue weighted by Crippen LogP contribution is 2.38. The lowest BCUT2D eigenvalue weighted by Gasteiger charge is -2.36. The summed E-state index contributed by atoms with van der Waals surface area (Å²) in [7, 11) is 1.55. The molecule has 27 heavy (non-hydrogen) atoms. The van der Waals surface area contributed by atoms with Crippen molar-refractivity contribution >= 4 is 17.5 Å². The van der Waals surface area contributed by atoms with Gasteiger partial charge in [0.1, 0.15) is 5.75 Å². The number of benzene rings is 1. The first-order valence-electron chi connectivity index (χ1n) is 9.84. The smallest absolute Gasteiger partial charge is 0.253 e. The molecule has 0 spiro atoms. The molecule has 1 saturated carbocycles. The van der Waals surface area contributed by atoms with Crippen LogP contribution < -0.4 is 21.1 Å². The highest BCUT2D eigenvalue weighted by atomic mass is 16.5. The summed E-state index contributed by atoms with van der Waals surface area (Å²) < 4.78 is 5.23. The molecule has 0 unspecified atom stereocenters. The molecule has 1 fully saturated rings. The highest BCUT2D eigenvalue weighted by Gasteiger charge is 2.35. The van der Waals surface area contributed by atoms with Crippen LogP contribution in [0.3, 0.4) is 0 Å². The summed E-state index contributed by atoms with van der Waals surface area (Å²) in [5.41, 5.74) is 6.37. The van der Waals surface area contributed by atoms with Crippen molar-refractivity contribution in [3.8, 4) is 5.75 Å². The minimum atomic E-state index is -0.271. The van der Waals surface area contributed by atoms with E-state index in [4.69, 9.17) is 10.5 Å². The van der Waals surface area contributed by atoms with Crippen molar-refractivity contribution in [1.82, 2.24) is 5.32 Å². The van der Waals surface area contributed by atoms with Gasteiger partial charge in [-0.25, -0.2) is 0 Å². The molecule has 6 nitrogen and oxygen atoms in total. The van der Waals surface area contributed by atoms with E-state index in [0.717, 1.165) is 12.8 Å². The van der Waals surface area contributed by atoms with Gasteiger partial charge in [0.05, 0.1) is 18.4 Å². The number of ether oxygens (including phenoxy) is 1. The van der Waals surface area contributed by atoms with Crippen LogP contribution in [-0.4, -0.2) is 32.0 Å². The lowest BCUT2D eigenvalue weighted by Crippen LogP contribution is -2.37. The van der Waals surface area contributed by atoms with Gasteiger partial charge >= 0.3 is 0 Å². The third-order valence-corrected chi connectivity index (χ3v) is 5.52. The predicted octanol–water partition coefficient (Wildman–Crippen LogP) is 3.03. The van der Waals surface area contributed by atoms with Gasteiger partial charge in [0, 0.05) is 19.0 Å². The van der Waals surface area contributed by atoms with Gasteiger partial charge in [-0.2, -0.15) is 0 Å². The van der Waals surface area contributed by atoms with Gasteiger partial charge in [0.25, 0.3) is 5.91 Å². The normalized spacial score (nSPS) is 22.4. The average Bonchev–Trinajstić information content (AvgIpc) is 2.65. The summed E-state index contributed by atoms with van der Waals surface area (Å²) in [6.07, 6.45) is 3.13. The molecular weight excluding hydrogens is 342 g/mol. The van der Waals surface area contributed by atoms with Gasteiger partial charge in [0.15, 0.2) is 0 Å². The third kappa shape index (κ3) is 5.45. The van der Waals surface area contributed by atoms with Crippen LogP contribution in [0.2, 0.25) is 0 Å². The Balaban J connectivity index is 2.23. The maximum Gasteiger partial charge on any atom is 0.253 e. The first kappa shape index (κ1) is 21.2. The van der Waals surface area contributed by atoms with Crippen LogP contribution in [0.1, 0.15) is 50.4 Å². The first-order chi connectivity index (χ1) is 12.9. The fraction of sp³-hybridized carbons (Fsp3) is 0.619. The molecule has 2 amide bonds. The summed E-state index contributed by atoms with van der Waals surface area (Å²) >= 11 is 0. The van der Waals surface area contributed by atoms with E-state index in [-0.39, 0.29) is 17.7 Å². The molecule has 1 aromatic rings. The van der Waals surface area contributed by atoms with E-state index in [0.29, 0.717) is 47.8 Å². The Morgan fingerprint density at radius 1 is 1.30 bits per heavy atom. The molecule has 0 heterocycles. The molecule has 150 valence electrons. The van der Waals surface area contributed by atoms with Crippen LogP contribution >= 0.6 is 0 Å². The number of anilines is 1. The van der Waals surface area contributed by atoms with Gasteiger partial charge in [-0.3, -0.25) is 9.59 Å². The molecule has 3 atom stereocenters. The van der Waals surface area contributed by atoms with Gasteiger partial charge in [-0.05, 0) is 48.8 Å². The Kier molecular flexibility index (Phi) is 7.66. The van der Waals surface area contributed by atoms with Crippen molar-refractivity contribution < 1.29 is 14.3 Å². The van der Waals surface area contributed by atoms with Crippen molar-refractivity contribution in [2.24, 2.45) is 29.4 Å². The quantitative estimate of drug-likeness (QED) is 0.683. The predicted molar refractivity (Wildman–Crippen MR) is 108 cm³/mol. The standard InChI is InChI=1S/C21H33N3O3/c1-13(2)16-7-5-14(3)11-17(16)21(26)24-19-8-6-15(27-4)12-18(19)20(25)23-10-9-22/h6,8,12-14,16-17H,5,7,9-11,22H2,1-4H3,(H,23,25)(H,24,26)/t14-,16+,17-/m1/s1. The second-order valence-corrected chi connectivity index (χ2v) is 7.88. The number of nitrogens with one attached hydrogen (secondary N) is 2. The molecule has 1 aliphatic rings. The zero-order valence-corrected chi connectivity index (χ0v) is 16.9. The Morgan fingerprint density at radius 2 is 2.04 bits per heavy atom. The number of methoxy groups -OCH3 is 1. The third-order valence-electron chi connectivity index (χ3n) is 5.52. The Labute approximate surface area is 162 Å². The summed E-state index contributed by atoms with van der Waals surface area (Å²) in [6.45, 7) is 7.29. The zero-order chi connectivity index (χ0) is 20.0. The molecule has 0 bridgehead atoms. The number of carbonyl (C=O) groups is 2. The fourth-order valence-corrected chi connectivity index (χ4v) is 3.96. The molecule has 4 N–H and O–H groups in total. The molecule has 0 saturated heterocycles. The monoisotopic (exact) mass is 375 g/mol. The fourth-order valence-electron chi connectivity index (χ4n) is 3.96. The molecule has 0 aliphatic heterocycles. The van der Waals surface area contributed by atoms with Crippen molar-refractivity contribution in [1.29, 1.82) is 0 Å². The summed E-state index contributed by atoms with van der Waals surface area (Å²) in [5.74, 6) is 1.63. The number of carbonyl (C=O) groups excluding carboxylic acids is 2. The summed E-state index contributed by atoms with van der Waals surface area (Å²) in [6, 6.07) is 5.12. The largest absolute Gasteiger partial charge is 0.497 e. The van der Waals surface area contributed by atoms with Crippen LogP contribution in [0.15, 0.2) is 18.2 Å². The topological polar surface area (TPSA) is 93.4 Å². The average molecular weight is 376 g/mol. The van der Waals surface area contributed by atoms with Crippen LogP contribution in [0.4, 0.5) is 5.69 Å². The Hall–Kier alpha value is -2.08. The van der Waals surface area contributed by atoms with E-state index in [2.05, 4.69) is 31.4 Å². The van der Waals surface area contributed by atoms with Gasteiger partial charge in [-0.1, -0.05) is 27.2 Å². The molecular formula is C21H33N3O3. The van der Waals surface area contributed by atoms with Gasteiger partial charge in [-0.15, -0.1) is 0 Å². The maximum atomic E-state index is 13.1. The molecule has 0 radical (unpaired) electrons. The van der Waals surface area contributed by atoms with E-state index < -0.39 is 0 Å². The highest BCUT2D eigenvalue weighted by molar-refractivity contribution is 6.04. The molecule has 6 heteroatoms. The minimum absolute atomic E-state index is 0.00158. The van der Waals surface area contributed by atoms with E-state index in [9.17, 15) is 9.59 Å². The number of hydrogen-bond donors (Lipinski definition) is 3. The first-order valence-corrected chi connectivity index (χ1v) is 9.84. The zero-order valence-electron chi connectivity index (χ0n) is 16.9. The van der Waals surface area contributed by atoms with Crippen molar-refractivity contribution in [2.75, 3.05) is 25.5 Å². The lowest BCUT2D eigenvalue weighted by molar-refractivity contribution is -0.123. The van der Waals surface area contributed by atoms with Crippen LogP contribution in [0.5, 0.6) is 5.75 Å². The number of amides is 2. The minimum Gasteiger partial charge on any atom is -0.497 e. The molecule has 2 rings (SSSR count). The van der Waals surface area contributed by atoms with E-state index >= 15 is 0 Å². The maximum absolute atomic E-state index is 13.1.